The molecule has 0 atom stereocenters. The molecule has 1 aliphatic rings. The summed E-state index contributed by atoms with van der Waals surface area (Å²) in [6, 6.07) is 19.6. The number of hydrogen-bond donors (Lipinski definition) is 2. The number of nitrogens with zero attached hydrogens (tertiary/aromatic N) is 3. The Morgan fingerprint density at radius 2 is 1.65 bits per heavy atom. The van der Waals surface area contributed by atoms with E-state index in [1.165, 1.54) is 10.0 Å². The molecule has 0 aliphatic heterocycles. The van der Waals surface area contributed by atoms with Crippen molar-refractivity contribution >= 4 is 44.7 Å². The number of aromatic nitrogens is 2. The lowest BCUT2D eigenvalue weighted by Crippen LogP contribution is -2.37. The van der Waals surface area contributed by atoms with Crippen LogP contribution in [0.15, 0.2) is 59.1 Å². The van der Waals surface area contributed by atoms with E-state index in [-0.39, 0.29) is 0 Å². The summed E-state index contributed by atoms with van der Waals surface area (Å²) in [6.07, 6.45) is 6.71. The number of halogens is 1. The lowest BCUT2D eigenvalue weighted by molar-refractivity contribution is 0.362. The zero-order valence-electron chi connectivity index (χ0n) is 18.2. The molecule has 31 heavy (non-hydrogen) atoms. The topological polar surface area (TPSA) is 53.1 Å². The third kappa shape index (κ3) is 5.83. The van der Waals surface area contributed by atoms with Gasteiger partial charge in [-0.15, -0.1) is 0 Å². The van der Waals surface area contributed by atoms with E-state index in [0.29, 0.717) is 12.1 Å². The smallest absolute Gasteiger partial charge is 0.225 e. The van der Waals surface area contributed by atoms with Crippen LogP contribution in [0, 0.1) is 0 Å². The molecule has 0 unspecified atom stereocenters. The van der Waals surface area contributed by atoms with E-state index >= 15 is 0 Å². The van der Waals surface area contributed by atoms with Crippen LogP contribution in [-0.4, -0.2) is 42.7 Å². The first kappa shape index (κ1) is 21.8. The highest BCUT2D eigenvalue weighted by molar-refractivity contribution is 9.11. The van der Waals surface area contributed by atoms with Gasteiger partial charge in [0.25, 0.3) is 0 Å². The van der Waals surface area contributed by atoms with E-state index < -0.39 is 0 Å². The Kier molecular flexibility index (Phi) is 7.20. The number of para-hydroxylation sites is 1. The largest absolute Gasteiger partial charge is 0.362 e. The number of rotatable bonds is 7. The number of benzene rings is 2. The third-order valence-electron chi connectivity index (χ3n) is 5.75. The van der Waals surface area contributed by atoms with Crippen molar-refractivity contribution in [3.63, 3.8) is 0 Å². The van der Waals surface area contributed by atoms with Gasteiger partial charge in [-0.3, -0.25) is 0 Å². The second kappa shape index (κ2) is 10.2. The van der Waals surface area contributed by atoms with E-state index in [9.17, 15) is 0 Å². The van der Waals surface area contributed by atoms with Crippen LogP contribution in [0.25, 0.3) is 17.0 Å². The zero-order valence-corrected chi connectivity index (χ0v) is 19.8. The molecule has 3 aromatic rings. The molecule has 1 aliphatic carbocycles. The molecule has 2 N–H and O–H groups in total. The van der Waals surface area contributed by atoms with Crippen LogP contribution in [0.2, 0.25) is 0 Å². The van der Waals surface area contributed by atoms with Crippen LogP contribution >= 0.6 is 15.9 Å². The summed E-state index contributed by atoms with van der Waals surface area (Å²) in [5.41, 5.74) is 2.20. The summed E-state index contributed by atoms with van der Waals surface area (Å²) < 4.78 is 1.18. The van der Waals surface area contributed by atoms with Gasteiger partial charge < -0.3 is 15.5 Å². The Morgan fingerprint density at radius 3 is 2.39 bits per heavy atom. The molecule has 2 aromatic carbocycles. The van der Waals surface area contributed by atoms with Crippen LogP contribution in [0.5, 0.6) is 0 Å². The fraction of sp³-hybridized carbons (Fsp3) is 0.360. The normalized spacial score (nSPS) is 19.4. The van der Waals surface area contributed by atoms with E-state index in [0.717, 1.165) is 54.9 Å². The number of anilines is 2. The van der Waals surface area contributed by atoms with E-state index in [2.05, 4.69) is 73.9 Å². The number of nitrogens with one attached hydrogen (secondary N) is 2. The van der Waals surface area contributed by atoms with Crippen molar-refractivity contribution in [2.45, 2.75) is 37.8 Å². The molecule has 0 spiro atoms. The standard InChI is InChI=1S/C25H30BrN5/c1-31(2)24-22-10-6-7-11-23(22)29-25(30-24)28-21-14-12-20(13-15-21)27-17-19(26)16-18-8-4-3-5-9-18/h3-11,16,20-21,27H,12-15,17H2,1-2H3,(H,28,29,30). The second-order valence-corrected chi connectivity index (χ2v) is 9.38. The summed E-state index contributed by atoms with van der Waals surface area (Å²) in [7, 11) is 4.06. The van der Waals surface area contributed by atoms with Crippen molar-refractivity contribution in [1.29, 1.82) is 0 Å². The summed E-state index contributed by atoms with van der Waals surface area (Å²) in [5.74, 6) is 1.69. The highest BCUT2D eigenvalue weighted by Gasteiger charge is 2.22. The van der Waals surface area contributed by atoms with Gasteiger partial charge in [-0.05, 0) is 49.5 Å². The molecule has 0 amide bonds. The summed E-state index contributed by atoms with van der Waals surface area (Å²) in [6.45, 7) is 0.859. The highest BCUT2D eigenvalue weighted by Crippen LogP contribution is 2.26. The highest BCUT2D eigenvalue weighted by atomic mass is 79.9. The minimum Gasteiger partial charge on any atom is -0.362 e. The number of hydrogen-bond acceptors (Lipinski definition) is 5. The van der Waals surface area contributed by atoms with Crippen LogP contribution < -0.4 is 15.5 Å². The van der Waals surface area contributed by atoms with Crippen molar-refractivity contribution < 1.29 is 0 Å². The molecular weight excluding hydrogens is 450 g/mol. The van der Waals surface area contributed by atoms with Crippen molar-refractivity contribution in [1.82, 2.24) is 15.3 Å². The molecule has 0 radical (unpaired) electrons. The second-order valence-electron chi connectivity index (χ2n) is 8.36. The molecule has 1 aromatic heterocycles. The van der Waals surface area contributed by atoms with Gasteiger partial charge >= 0.3 is 0 Å². The van der Waals surface area contributed by atoms with Crippen LogP contribution in [0.4, 0.5) is 11.8 Å². The Balaban J connectivity index is 1.31. The Bertz CT molecular complexity index is 1030. The minimum atomic E-state index is 0.414. The maximum absolute atomic E-state index is 4.79. The van der Waals surface area contributed by atoms with Crippen LogP contribution in [-0.2, 0) is 0 Å². The van der Waals surface area contributed by atoms with Gasteiger partial charge in [0.2, 0.25) is 5.95 Å². The predicted molar refractivity (Wildman–Crippen MR) is 135 cm³/mol. The van der Waals surface area contributed by atoms with Gasteiger partial charge in [0, 0.05) is 42.6 Å². The van der Waals surface area contributed by atoms with Gasteiger partial charge in [0.05, 0.1) is 5.52 Å². The molecule has 1 saturated carbocycles. The Labute approximate surface area is 193 Å². The first-order valence-electron chi connectivity index (χ1n) is 10.9. The number of fused-ring (bicyclic) bond motifs is 1. The Hall–Kier alpha value is -2.44. The van der Waals surface area contributed by atoms with Gasteiger partial charge in [0.15, 0.2) is 0 Å². The van der Waals surface area contributed by atoms with Gasteiger partial charge in [-0.25, -0.2) is 4.98 Å². The molecule has 0 saturated heterocycles. The molecule has 162 valence electrons. The monoisotopic (exact) mass is 479 g/mol. The lowest BCUT2D eigenvalue weighted by Gasteiger charge is -2.30. The van der Waals surface area contributed by atoms with E-state index in [1.807, 2.05) is 32.3 Å². The molecule has 0 bridgehead atoms. The molecular formula is C25H30BrN5. The fourth-order valence-electron chi connectivity index (χ4n) is 4.11. The molecule has 1 fully saturated rings. The summed E-state index contributed by atoms with van der Waals surface area (Å²) >= 11 is 3.70. The van der Waals surface area contributed by atoms with Crippen LogP contribution in [0.3, 0.4) is 0 Å². The molecule has 6 heteroatoms. The first-order valence-corrected chi connectivity index (χ1v) is 11.7. The first-order chi connectivity index (χ1) is 15.1. The van der Waals surface area contributed by atoms with Crippen LogP contribution in [0.1, 0.15) is 31.2 Å². The van der Waals surface area contributed by atoms with Crippen molar-refractivity contribution in [3.8, 4) is 0 Å². The quantitative estimate of drug-likeness (QED) is 0.472. The maximum Gasteiger partial charge on any atom is 0.225 e. The lowest BCUT2D eigenvalue weighted by atomic mass is 9.91. The minimum absolute atomic E-state index is 0.414. The maximum atomic E-state index is 4.79. The predicted octanol–water partition coefficient (Wildman–Crippen LogP) is 5.44. The van der Waals surface area contributed by atoms with E-state index in [1.54, 1.807) is 0 Å². The fourth-order valence-corrected chi connectivity index (χ4v) is 4.54. The van der Waals surface area contributed by atoms with Gasteiger partial charge in [-0.2, -0.15) is 4.98 Å². The van der Waals surface area contributed by atoms with Crippen molar-refractivity contribution in [3.05, 3.63) is 64.6 Å². The third-order valence-corrected chi connectivity index (χ3v) is 6.26. The van der Waals surface area contributed by atoms with Crippen molar-refractivity contribution in [2.24, 2.45) is 0 Å². The molecule has 1 heterocycles. The Morgan fingerprint density at radius 1 is 0.968 bits per heavy atom. The van der Waals surface area contributed by atoms with Crippen molar-refractivity contribution in [2.75, 3.05) is 30.9 Å². The van der Waals surface area contributed by atoms with E-state index in [4.69, 9.17) is 9.97 Å². The average Bonchev–Trinajstić information content (AvgIpc) is 2.78. The van der Waals surface area contributed by atoms with Gasteiger partial charge in [0.1, 0.15) is 5.82 Å². The average molecular weight is 480 g/mol. The zero-order chi connectivity index (χ0) is 21.6. The molecule has 5 nitrogen and oxygen atoms in total. The molecule has 4 rings (SSSR count). The SMILES string of the molecule is CN(C)c1nc(NC2CCC(NCC(Br)=Cc3ccccc3)CC2)nc2ccccc12. The summed E-state index contributed by atoms with van der Waals surface area (Å²) in [4.78, 5) is 11.6. The van der Waals surface area contributed by atoms with Gasteiger partial charge in [-0.1, -0.05) is 58.4 Å². The summed E-state index contributed by atoms with van der Waals surface area (Å²) in [5, 5.41) is 8.37.